The van der Waals surface area contributed by atoms with Crippen LogP contribution >= 0.6 is 0 Å². The zero-order valence-electron chi connectivity index (χ0n) is 9.65. The summed E-state index contributed by atoms with van der Waals surface area (Å²) in [5.74, 6) is 0.812. The van der Waals surface area contributed by atoms with Gasteiger partial charge in [-0.15, -0.1) is 0 Å². The smallest absolute Gasteiger partial charge is 0.121 e. The van der Waals surface area contributed by atoms with E-state index in [0.717, 1.165) is 25.3 Å². The van der Waals surface area contributed by atoms with Crippen molar-refractivity contribution in [2.45, 2.75) is 18.9 Å². The van der Waals surface area contributed by atoms with Gasteiger partial charge < -0.3 is 21.1 Å². The maximum absolute atomic E-state index is 5.88. The second-order valence-electron chi connectivity index (χ2n) is 4.44. The third-order valence-corrected chi connectivity index (χ3v) is 2.94. The number of hydrogen-bond donors (Lipinski definition) is 2. The standard InChI is InChI=1S/C12H19N3O/c1-15-6-2-3-10(8-15)16-9-4-5-11(13)12(14)7-9/h4-5,7,10H,2-3,6,8,13-14H2,1H3. The van der Waals surface area contributed by atoms with Crippen molar-refractivity contribution >= 4 is 11.4 Å². The normalized spacial score (nSPS) is 21.9. The highest BCUT2D eigenvalue weighted by Gasteiger charge is 2.18. The van der Waals surface area contributed by atoms with Crippen molar-refractivity contribution in [2.75, 3.05) is 31.6 Å². The number of likely N-dealkylation sites (tertiary alicyclic amines) is 1. The maximum atomic E-state index is 5.88. The first-order valence-corrected chi connectivity index (χ1v) is 5.65. The summed E-state index contributed by atoms with van der Waals surface area (Å²) in [6.45, 7) is 2.13. The van der Waals surface area contributed by atoms with E-state index in [9.17, 15) is 0 Å². The van der Waals surface area contributed by atoms with Crippen molar-refractivity contribution < 1.29 is 4.74 Å². The van der Waals surface area contributed by atoms with Gasteiger partial charge in [0.05, 0.1) is 11.4 Å². The molecule has 2 rings (SSSR count). The van der Waals surface area contributed by atoms with E-state index in [2.05, 4.69) is 11.9 Å². The lowest BCUT2D eigenvalue weighted by Gasteiger charge is -2.30. The highest BCUT2D eigenvalue weighted by Crippen LogP contribution is 2.24. The van der Waals surface area contributed by atoms with Gasteiger partial charge >= 0.3 is 0 Å². The van der Waals surface area contributed by atoms with Crippen molar-refractivity contribution in [3.8, 4) is 5.75 Å². The number of likely N-dealkylation sites (N-methyl/N-ethyl adjacent to an activating group) is 1. The topological polar surface area (TPSA) is 64.5 Å². The molecule has 1 fully saturated rings. The number of nitrogen functional groups attached to an aromatic ring is 2. The Hall–Kier alpha value is -1.42. The highest BCUT2D eigenvalue weighted by molar-refractivity contribution is 5.65. The predicted molar refractivity (Wildman–Crippen MR) is 66.4 cm³/mol. The Balaban J connectivity index is 2.00. The number of anilines is 2. The molecule has 0 spiro atoms. The number of benzene rings is 1. The summed E-state index contributed by atoms with van der Waals surface area (Å²) in [7, 11) is 2.12. The third kappa shape index (κ3) is 2.58. The summed E-state index contributed by atoms with van der Waals surface area (Å²) >= 11 is 0. The SMILES string of the molecule is CN1CCCC(Oc2ccc(N)c(N)c2)C1. The van der Waals surface area contributed by atoms with E-state index in [4.69, 9.17) is 16.2 Å². The van der Waals surface area contributed by atoms with E-state index in [0.29, 0.717) is 11.4 Å². The Morgan fingerprint density at radius 3 is 2.81 bits per heavy atom. The molecule has 0 saturated carbocycles. The number of rotatable bonds is 2. The second-order valence-corrected chi connectivity index (χ2v) is 4.44. The van der Waals surface area contributed by atoms with E-state index >= 15 is 0 Å². The molecule has 1 saturated heterocycles. The lowest BCUT2D eigenvalue weighted by atomic mass is 10.1. The van der Waals surface area contributed by atoms with Crippen molar-refractivity contribution in [1.82, 2.24) is 4.90 Å². The summed E-state index contributed by atoms with van der Waals surface area (Å²) < 4.78 is 5.88. The molecular weight excluding hydrogens is 202 g/mol. The van der Waals surface area contributed by atoms with Gasteiger partial charge in [-0.2, -0.15) is 0 Å². The van der Waals surface area contributed by atoms with Crippen LogP contribution in [0.5, 0.6) is 5.75 Å². The quantitative estimate of drug-likeness (QED) is 0.739. The Kier molecular flexibility index (Phi) is 3.19. The van der Waals surface area contributed by atoms with Gasteiger partial charge in [0.1, 0.15) is 11.9 Å². The van der Waals surface area contributed by atoms with Crippen molar-refractivity contribution in [2.24, 2.45) is 0 Å². The molecule has 1 aliphatic rings. The molecule has 0 radical (unpaired) electrons. The fraction of sp³-hybridized carbons (Fsp3) is 0.500. The van der Waals surface area contributed by atoms with Crippen LogP contribution in [0.1, 0.15) is 12.8 Å². The summed E-state index contributed by atoms with van der Waals surface area (Å²) in [5.41, 5.74) is 12.6. The molecule has 16 heavy (non-hydrogen) atoms. The monoisotopic (exact) mass is 221 g/mol. The Bertz CT molecular complexity index is 367. The molecule has 1 aliphatic heterocycles. The van der Waals surface area contributed by atoms with E-state index in [1.165, 1.54) is 6.42 Å². The predicted octanol–water partition coefficient (Wildman–Crippen LogP) is 1.32. The van der Waals surface area contributed by atoms with Gasteiger partial charge in [0.2, 0.25) is 0 Å². The van der Waals surface area contributed by atoms with Crippen LogP contribution in [0.2, 0.25) is 0 Å². The minimum Gasteiger partial charge on any atom is -0.489 e. The molecule has 1 aromatic rings. The molecule has 88 valence electrons. The molecule has 1 aromatic carbocycles. The second kappa shape index (κ2) is 4.61. The van der Waals surface area contributed by atoms with Crippen LogP contribution in [0.3, 0.4) is 0 Å². The average Bonchev–Trinajstić information content (AvgIpc) is 2.24. The zero-order valence-corrected chi connectivity index (χ0v) is 9.65. The molecule has 0 aromatic heterocycles. The Labute approximate surface area is 96.2 Å². The summed E-state index contributed by atoms with van der Waals surface area (Å²) in [5, 5.41) is 0. The molecule has 4 heteroatoms. The van der Waals surface area contributed by atoms with Crippen molar-refractivity contribution in [1.29, 1.82) is 0 Å². The molecule has 0 amide bonds. The lowest BCUT2D eigenvalue weighted by Crippen LogP contribution is -2.38. The molecule has 1 heterocycles. The first-order chi connectivity index (χ1) is 7.65. The molecule has 0 bridgehead atoms. The van der Waals surface area contributed by atoms with E-state index in [1.54, 1.807) is 12.1 Å². The molecule has 1 unspecified atom stereocenters. The average molecular weight is 221 g/mol. The zero-order chi connectivity index (χ0) is 11.5. The first-order valence-electron chi connectivity index (χ1n) is 5.65. The third-order valence-electron chi connectivity index (χ3n) is 2.94. The molecular formula is C12H19N3O. The fourth-order valence-corrected chi connectivity index (χ4v) is 2.03. The van der Waals surface area contributed by atoms with Crippen LogP contribution in [0, 0.1) is 0 Å². The molecule has 0 aliphatic carbocycles. The van der Waals surface area contributed by atoms with Gasteiger partial charge in [0.15, 0.2) is 0 Å². The van der Waals surface area contributed by atoms with Crippen LogP contribution in [-0.4, -0.2) is 31.1 Å². The number of ether oxygens (including phenoxy) is 1. The van der Waals surface area contributed by atoms with Crippen LogP contribution in [0.25, 0.3) is 0 Å². The molecule has 4 nitrogen and oxygen atoms in total. The molecule has 1 atom stereocenters. The minimum atomic E-state index is 0.266. The van der Waals surface area contributed by atoms with Gasteiger partial charge in [0, 0.05) is 12.6 Å². The van der Waals surface area contributed by atoms with Crippen LogP contribution in [0.4, 0.5) is 11.4 Å². The van der Waals surface area contributed by atoms with E-state index in [-0.39, 0.29) is 6.10 Å². The van der Waals surface area contributed by atoms with Crippen LogP contribution in [-0.2, 0) is 0 Å². The Morgan fingerprint density at radius 2 is 2.12 bits per heavy atom. The number of hydrogen-bond acceptors (Lipinski definition) is 4. The largest absolute Gasteiger partial charge is 0.489 e. The van der Waals surface area contributed by atoms with Crippen molar-refractivity contribution in [3.05, 3.63) is 18.2 Å². The summed E-state index contributed by atoms with van der Waals surface area (Å²) in [6, 6.07) is 5.46. The van der Waals surface area contributed by atoms with Gasteiger partial charge in [0.25, 0.3) is 0 Å². The minimum absolute atomic E-state index is 0.266. The fourth-order valence-electron chi connectivity index (χ4n) is 2.03. The van der Waals surface area contributed by atoms with E-state index < -0.39 is 0 Å². The first kappa shape index (κ1) is 11.1. The Morgan fingerprint density at radius 1 is 1.31 bits per heavy atom. The van der Waals surface area contributed by atoms with Gasteiger partial charge in [-0.25, -0.2) is 0 Å². The maximum Gasteiger partial charge on any atom is 0.121 e. The van der Waals surface area contributed by atoms with E-state index in [1.807, 2.05) is 6.07 Å². The van der Waals surface area contributed by atoms with Crippen molar-refractivity contribution in [3.63, 3.8) is 0 Å². The summed E-state index contributed by atoms with van der Waals surface area (Å²) in [4.78, 5) is 2.29. The van der Waals surface area contributed by atoms with Crippen LogP contribution in [0.15, 0.2) is 18.2 Å². The number of piperidine rings is 1. The summed E-state index contributed by atoms with van der Waals surface area (Å²) in [6.07, 6.45) is 2.56. The van der Waals surface area contributed by atoms with Gasteiger partial charge in [-0.05, 0) is 38.6 Å². The molecule has 4 N–H and O–H groups in total. The number of nitrogens with two attached hydrogens (primary N) is 2. The highest BCUT2D eigenvalue weighted by atomic mass is 16.5. The van der Waals surface area contributed by atoms with Gasteiger partial charge in [-0.1, -0.05) is 0 Å². The van der Waals surface area contributed by atoms with Gasteiger partial charge in [-0.3, -0.25) is 0 Å². The van der Waals surface area contributed by atoms with Crippen LogP contribution < -0.4 is 16.2 Å². The lowest BCUT2D eigenvalue weighted by molar-refractivity contribution is 0.104. The number of nitrogens with zero attached hydrogens (tertiary/aromatic N) is 1.